The number of benzene rings is 1. The first-order valence-corrected chi connectivity index (χ1v) is 13.0. The second kappa shape index (κ2) is 8.66. The first kappa shape index (κ1) is 22.5. The lowest BCUT2D eigenvalue weighted by molar-refractivity contribution is -0.131. The van der Waals surface area contributed by atoms with E-state index in [-0.39, 0.29) is 22.1 Å². The normalized spacial score (nSPS) is 28.0. The second-order valence-electron chi connectivity index (χ2n) is 9.98. The van der Waals surface area contributed by atoms with Crippen LogP contribution in [0.4, 0.5) is 5.69 Å². The van der Waals surface area contributed by atoms with Crippen molar-refractivity contribution in [3.8, 4) is 0 Å². The molecule has 3 aliphatic carbocycles. The molecule has 1 aliphatic heterocycles. The Morgan fingerprint density at radius 1 is 1.10 bits per heavy atom. The van der Waals surface area contributed by atoms with Crippen LogP contribution >= 0.6 is 0 Å². The SMILES string of the molecule is CC(=NS(=O)(=O)c1ccc(NC(=O)C23CCC(CC2)CC3)c(C)c1)C1CCN(C)CC1. The highest BCUT2D eigenvalue weighted by atomic mass is 32.2. The van der Waals surface area contributed by atoms with E-state index in [9.17, 15) is 13.2 Å². The van der Waals surface area contributed by atoms with Crippen LogP contribution < -0.4 is 5.32 Å². The summed E-state index contributed by atoms with van der Waals surface area (Å²) in [6.45, 7) is 5.60. The van der Waals surface area contributed by atoms with Gasteiger partial charge in [-0.05, 0) is 115 Å². The Balaban J connectivity index is 1.47. The number of carbonyl (C=O) groups is 1. The number of nitrogens with zero attached hydrogens (tertiary/aromatic N) is 2. The van der Waals surface area contributed by atoms with Crippen molar-refractivity contribution in [2.45, 2.75) is 70.1 Å². The third-order valence-corrected chi connectivity index (χ3v) is 9.27. The summed E-state index contributed by atoms with van der Waals surface area (Å²) in [6, 6.07) is 4.91. The van der Waals surface area contributed by atoms with Gasteiger partial charge in [0.15, 0.2) is 0 Å². The Hall–Kier alpha value is -1.73. The zero-order valence-electron chi connectivity index (χ0n) is 19.0. The highest BCUT2D eigenvalue weighted by Gasteiger charge is 2.45. The minimum Gasteiger partial charge on any atom is -0.325 e. The third kappa shape index (κ3) is 4.72. The quantitative estimate of drug-likeness (QED) is 0.682. The average molecular weight is 446 g/mol. The molecule has 0 aromatic heterocycles. The number of sulfonamides is 1. The van der Waals surface area contributed by atoms with E-state index in [0.717, 1.165) is 75.9 Å². The molecule has 7 heteroatoms. The molecule has 0 spiro atoms. The highest BCUT2D eigenvalue weighted by Crippen LogP contribution is 2.50. The minimum atomic E-state index is -3.76. The van der Waals surface area contributed by atoms with Crippen molar-refractivity contribution in [2.75, 3.05) is 25.5 Å². The number of anilines is 1. The number of amides is 1. The van der Waals surface area contributed by atoms with Crippen molar-refractivity contribution in [2.24, 2.45) is 21.6 Å². The van der Waals surface area contributed by atoms with Crippen molar-refractivity contribution >= 4 is 27.3 Å². The largest absolute Gasteiger partial charge is 0.325 e. The van der Waals surface area contributed by atoms with E-state index < -0.39 is 10.0 Å². The van der Waals surface area contributed by atoms with Crippen LogP contribution in [-0.4, -0.2) is 45.1 Å². The Kier molecular flexibility index (Phi) is 6.28. The molecule has 1 aromatic rings. The fourth-order valence-electron chi connectivity index (χ4n) is 5.52. The van der Waals surface area contributed by atoms with Crippen LogP contribution in [-0.2, 0) is 14.8 Å². The number of aryl methyl sites for hydroxylation is 1. The van der Waals surface area contributed by atoms with Gasteiger partial charge in [-0.3, -0.25) is 4.79 Å². The molecular weight excluding hydrogens is 410 g/mol. The first-order valence-electron chi connectivity index (χ1n) is 11.6. The number of likely N-dealkylation sites (tertiary alicyclic amines) is 1. The van der Waals surface area contributed by atoms with E-state index in [1.165, 1.54) is 0 Å². The van der Waals surface area contributed by atoms with Gasteiger partial charge in [0.25, 0.3) is 10.0 Å². The van der Waals surface area contributed by atoms with Gasteiger partial charge in [0.1, 0.15) is 0 Å². The molecule has 4 fully saturated rings. The lowest BCUT2D eigenvalue weighted by Gasteiger charge is -2.45. The number of fused-ring (bicyclic) bond motifs is 3. The summed E-state index contributed by atoms with van der Waals surface area (Å²) in [5.74, 6) is 1.12. The van der Waals surface area contributed by atoms with Crippen molar-refractivity contribution in [1.29, 1.82) is 0 Å². The molecule has 1 aromatic carbocycles. The number of hydrogen-bond acceptors (Lipinski definition) is 4. The van der Waals surface area contributed by atoms with Crippen molar-refractivity contribution in [3.05, 3.63) is 23.8 Å². The predicted octanol–water partition coefficient (Wildman–Crippen LogP) is 4.40. The smallest absolute Gasteiger partial charge is 0.282 e. The van der Waals surface area contributed by atoms with E-state index in [1.807, 2.05) is 13.8 Å². The topological polar surface area (TPSA) is 78.8 Å². The summed E-state index contributed by atoms with van der Waals surface area (Å²) in [5.41, 5.74) is 1.90. The van der Waals surface area contributed by atoms with Crippen LogP contribution in [0.2, 0.25) is 0 Å². The molecule has 3 saturated carbocycles. The lowest BCUT2D eigenvalue weighted by Crippen LogP contribution is -2.43. The molecule has 1 N–H and O–H groups in total. The standard InChI is InChI=1S/C24H35N3O3S/c1-17-16-21(31(29,30)26-18(2)20-9-14-27(3)15-10-20)4-5-22(17)25-23(28)24-11-6-19(7-12-24)8-13-24/h4-5,16,19-20H,6-15H2,1-3H3,(H,25,28). The van der Waals surface area contributed by atoms with Gasteiger partial charge >= 0.3 is 0 Å². The van der Waals surface area contributed by atoms with Gasteiger partial charge in [0.05, 0.1) is 4.90 Å². The second-order valence-corrected chi connectivity index (χ2v) is 11.6. The van der Waals surface area contributed by atoms with Crippen molar-refractivity contribution < 1.29 is 13.2 Å². The summed E-state index contributed by atoms with van der Waals surface area (Å²) in [4.78, 5) is 15.5. The summed E-state index contributed by atoms with van der Waals surface area (Å²) in [5, 5.41) is 3.10. The van der Waals surface area contributed by atoms with Crippen LogP contribution in [0.5, 0.6) is 0 Å². The number of nitrogens with one attached hydrogen (secondary N) is 1. The molecule has 0 unspecified atom stereocenters. The maximum Gasteiger partial charge on any atom is 0.282 e. The summed E-state index contributed by atoms with van der Waals surface area (Å²) in [6.07, 6.45) is 8.25. The van der Waals surface area contributed by atoms with Crippen molar-refractivity contribution in [1.82, 2.24) is 4.90 Å². The summed E-state index contributed by atoms with van der Waals surface area (Å²) >= 11 is 0. The number of piperidine rings is 1. The van der Waals surface area contributed by atoms with Gasteiger partial charge < -0.3 is 10.2 Å². The molecule has 1 saturated heterocycles. The Labute approximate surface area is 186 Å². The van der Waals surface area contributed by atoms with Gasteiger partial charge in [0, 0.05) is 22.7 Å². The number of rotatable bonds is 5. The van der Waals surface area contributed by atoms with E-state index >= 15 is 0 Å². The monoisotopic (exact) mass is 445 g/mol. The van der Waals surface area contributed by atoms with Crippen LogP contribution in [0.1, 0.15) is 63.9 Å². The summed E-state index contributed by atoms with van der Waals surface area (Å²) in [7, 11) is -1.67. The lowest BCUT2D eigenvalue weighted by atomic mass is 9.60. The fraction of sp³-hybridized carbons (Fsp3) is 0.667. The molecule has 170 valence electrons. The molecule has 0 atom stereocenters. The van der Waals surface area contributed by atoms with E-state index in [0.29, 0.717) is 11.4 Å². The molecule has 4 aliphatic rings. The van der Waals surface area contributed by atoms with Gasteiger partial charge in [-0.15, -0.1) is 0 Å². The maximum atomic E-state index is 13.1. The molecule has 1 amide bonds. The predicted molar refractivity (Wildman–Crippen MR) is 124 cm³/mol. The van der Waals surface area contributed by atoms with Crippen LogP contribution in [0, 0.1) is 24.2 Å². The third-order valence-electron chi connectivity index (χ3n) is 7.89. The molecule has 31 heavy (non-hydrogen) atoms. The molecule has 0 radical (unpaired) electrons. The molecule has 6 nitrogen and oxygen atoms in total. The van der Waals surface area contributed by atoms with Crippen molar-refractivity contribution in [3.63, 3.8) is 0 Å². The zero-order chi connectivity index (χ0) is 22.2. The molecular formula is C24H35N3O3S. The maximum absolute atomic E-state index is 13.1. The Morgan fingerprint density at radius 3 is 2.29 bits per heavy atom. The first-order chi connectivity index (χ1) is 14.7. The van der Waals surface area contributed by atoms with Gasteiger partial charge in [0.2, 0.25) is 5.91 Å². The van der Waals surface area contributed by atoms with Crippen LogP contribution in [0.25, 0.3) is 0 Å². The van der Waals surface area contributed by atoms with Gasteiger partial charge in [-0.1, -0.05) is 0 Å². The van der Waals surface area contributed by atoms with E-state index in [1.54, 1.807) is 18.2 Å². The van der Waals surface area contributed by atoms with Gasteiger partial charge in [-0.2, -0.15) is 12.8 Å². The molecule has 2 bridgehead atoms. The minimum absolute atomic E-state index is 0.0977. The number of carbonyl (C=O) groups excluding carboxylic acids is 1. The summed E-state index contributed by atoms with van der Waals surface area (Å²) < 4.78 is 29.9. The highest BCUT2D eigenvalue weighted by molar-refractivity contribution is 7.90. The van der Waals surface area contributed by atoms with Crippen LogP contribution in [0.15, 0.2) is 27.5 Å². The van der Waals surface area contributed by atoms with E-state index in [2.05, 4.69) is 21.7 Å². The number of hydrogen-bond donors (Lipinski definition) is 1. The molecule has 1 heterocycles. The average Bonchev–Trinajstić information content (AvgIpc) is 2.76. The zero-order valence-corrected chi connectivity index (χ0v) is 19.8. The van der Waals surface area contributed by atoms with Gasteiger partial charge in [-0.25, -0.2) is 0 Å². The Bertz CT molecular complexity index is 956. The molecule has 5 rings (SSSR count). The Morgan fingerprint density at radius 2 is 1.71 bits per heavy atom. The van der Waals surface area contributed by atoms with Crippen LogP contribution in [0.3, 0.4) is 0 Å². The van der Waals surface area contributed by atoms with E-state index in [4.69, 9.17) is 0 Å². The fourth-order valence-corrected chi connectivity index (χ4v) is 6.72.